The van der Waals surface area contributed by atoms with Crippen molar-refractivity contribution >= 4 is 27.5 Å². The molecule has 104 valence electrons. The van der Waals surface area contributed by atoms with Gasteiger partial charge < -0.3 is 14.8 Å². The minimum atomic E-state index is -0.301. The van der Waals surface area contributed by atoms with Crippen molar-refractivity contribution in [2.45, 2.75) is 0 Å². The third kappa shape index (κ3) is 3.08. The molecule has 1 amide bonds. The van der Waals surface area contributed by atoms with Gasteiger partial charge in [-0.1, -0.05) is 0 Å². The van der Waals surface area contributed by atoms with Crippen LogP contribution in [0, 0.1) is 0 Å². The van der Waals surface area contributed by atoms with Crippen molar-refractivity contribution in [3.63, 3.8) is 0 Å². The van der Waals surface area contributed by atoms with Crippen LogP contribution in [0.3, 0.4) is 0 Å². The lowest BCUT2D eigenvalue weighted by atomic mass is 10.2. The van der Waals surface area contributed by atoms with Gasteiger partial charge in [-0.15, -0.1) is 0 Å². The predicted octanol–water partition coefficient (Wildman–Crippen LogP) is 3.11. The lowest BCUT2D eigenvalue weighted by Crippen LogP contribution is -2.14. The summed E-state index contributed by atoms with van der Waals surface area (Å²) < 4.78 is 11.0. The van der Waals surface area contributed by atoms with E-state index in [9.17, 15) is 4.79 Å². The maximum Gasteiger partial charge on any atom is 0.275 e. The van der Waals surface area contributed by atoms with Crippen molar-refractivity contribution in [2.75, 3.05) is 19.5 Å². The van der Waals surface area contributed by atoms with Gasteiger partial charge in [-0.05, 0) is 40.2 Å². The van der Waals surface area contributed by atoms with E-state index in [1.165, 1.54) is 0 Å². The third-order valence-corrected chi connectivity index (χ3v) is 3.25. The van der Waals surface area contributed by atoms with Crippen LogP contribution < -0.4 is 14.8 Å². The van der Waals surface area contributed by atoms with Gasteiger partial charge >= 0.3 is 0 Å². The Morgan fingerprint density at radius 2 is 1.95 bits per heavy atom. The number of carbonyl (C=O) groups is 1. The molecule has 0 atom stereocenters. The molecule has 5 nitrogen and oxygen atoms in total. The second-order valence-electron chi connectivity index (χ2n) is 3.86. The Morgan fingerprint density at radius 1 is 1.20 bits per heavy atom. The molecule has 6 heteroatoms. The third-order valence-electron chi connectivity index (χ3n) is 2.61. The molecule has 0 unspecified atom stereocenters. The maximum absolute atomic E-state index is 12.1. The zero-order valence-electron chi connectivity index (χ0n) is 11.0. The van der Waals surface area contributed by atoms with Crippen LogP contribution in [0.1, 0.15) is 10.5 Å². The van der Waals surface area contributed by atoms with Crippen molar-refractivity contribution in [1.29, 1.82) is 0 Å². The summed E-state index contributed by atoms with van der Waals surface area (Å²) in [5, 5.41) is 2.76. The van der Waals surface area contributed by atoms with E-state index in [1.807, 2.05) is 0 Å². The topological polar surface area (TPSA) is 60.5 Å². The number of carbonyl (C=O) groups excluding carboxylic acids is 1. The monoisotopic (exact) mass is 336 g/mol. The molecule has 0 saturated heterocycles. The number of methoxy groups -OCH3 is 2. The van der Waals surface area contributed by atoms with Gasteiger partial charge in [-0.2, -0.15) is 0 Å². The molecule has 0 fully saturated rings. The van der Waals surface area contributed by atoms with E-state index in [0.717, 1.165) is 0 Å². The Balaban J connectivity index is 2.22. The Bertz CT molecular complexity index is 632. The van der Waals surface area contributed by atoms with E-state index >= 15 is 0 Å². The van der Waals surface area contributed by atoms with E-state index in [2.05, 4.69) is 26.2 Å². The Kier molecular flexibility index (Phi) is 4.57. The second-order valence-corrected chi connectivity index (χ2v) is 4.71. The van der Waals surface area contributed by atoms with E-state index in [1.54, 1.807) is 50.7 Å². The highest BCUT2D eigenvalue weighted by atomic mass is 79.9. The molecule has 1 heterocycles. The normalized spacial score (nSPS) is 9.95. The number of rotatable bonds is 4. The molecule has 0 saturated carbocycles. The number of nitrogens with one attached hydrogen (secondary N) is 1. The van der Waals surface area contributed by atoms with Crippen LogP contribution in [0.5, 0.6) is 11.5 Å². The number of ether oxygens (including phenoxy) is 2. The number of amides is 1. The van der Waals surface area contributed by atoms with Gasteiger partial charge in [0.05, 0.1) is 14.2 Å². The Morgan fingerprint density at radius 3 is 2.60 bits per heavy atom. The molecule has 20 heavy (non-hydrogen) atoms. The smallest absolute Gasteiger partial charge is 0.275 e. The molecule has 0 radical (unpaired) electrons. The van der Waals surface area contributed by atoms with Crippen molar-refractivity contribution in [3.05, 3.63) is 46.7 Å². The zero-order valence-corrected chi connectivity index (χ0v) is 12.6. The summed E-state index contributed by atoms with van der Waals surface area (Å²) in [5.41, 5.74) is 0.924. The first kappa shape index (κ1) is 14.3. The first-order chi connectivity index (χ1) is 9.65. The maximum atomic E-state index is 12.1. The second kappa shape index (κ2) is 6.38. The largest absolute Gasteiger partial charge is 0.493 e. The van der Waals surface area contributed by atoms with Crippen molar-refractivity contribution in [3.8, 4) is 11.5 Å². The van der Waals surface area contributed by atoms with Crippen LogP contribution in [0.15, 0.2) is 41.0 Å². The first-order valence-corrected chi connectivity index (χ1v) is 6.59. The summed E-state index contributed by atoms with van der Waals surface area (Å²) >= 11 is 3.29. The molecule has 2 rings (SSSR count). The zero-order chi connectivity index (χ0) is 14.5. The fourth-order valence-corrected chi connectivity index (χ4v) is 2.09. The number of pyridine rings is 1. The van der Waals surface area contributed by atoms with Gasteiger partial charge in [-0.3, -0.25) is 4.79 Å². The predicted molar refractivity (Wildman–Crippen MR) is 79.4 cm³/mol. The Labute approximate surface area is 125 Å². The number of hydrogen-bond acceptors (Lipinski definition) is 4. The van der Waals surface area contributed by atoms with Gasteiger partial charge in [0.2, 0.25) is 0 Å². The van der Waals surface area contributed by atoms with Crippen molar-refractivity contribution in [1.82, 2.24) is 4.98 Å². The lowest BCUT2D eigenvalue weighted by molar-refractivity contribution is 0.102. The van der Waals surface area contributed by atoms with Gasteiger partial charge in [0.25, 0.3) is 5.91 Å². The lowest BCUT2D eigenvalue weighted by Gasteiger charge is -2.10. The molecule has 1 aromatic heterocycles. The van der Waals surface area contributed by atoms with Gasteiger partial charge in [0, 0.05) is 22.4 Å². The summed E-state index contributed by atoms with van der Waals surface area (Å²) in [4.78, 5) is 16.1. The quantitative estimate of drug-likeness (QED) is 0.931. The molecular formula is C14H13BrN2O3. The van der Waals surface area contributed by atoms with Crippen LogP contribution in [-0.2, 0) is 0 Å². The van der Waals surface area contributed by atoms with E-state index in [-0.39, 0.29) is 5.91 Å². The summed E-state index contributed by atoms with van der Waals surface area (Å²) in [7, 11) is 3.10. The average Bonchev–Trinajstić information content (AvgIpc) is 2.47. The summed E-state index contributed by atoms with van der Waals surface area (Å²) in [6.07, 6.45) is 1.56. The van der Waals surface area contributed by atoms with E-state index in [0.29, 0.717) is 27.4 Å². The standard InChI is InChI=1S/C14H13BrN2O3/c1-19-11-6-5-9(8-12(11)20-2)17-14(18)13-10(15)4-3-7-16-13/h3-8H,1-2H3,(H,17,18). The van der Waals surface area contributed by atoms with Crippen LogP contribution in [0.2, 0.25) is 0 Å². The van der Waals surface area contributed by atoms with E-state index in [4.69, 9.17) is 9.47 Å². The number of aromatic nitrogens is 1. The SMILES string of the molecule is COc1ccc(NC(=O)c2ncccc2Br)cc1OC. The van der Waals surface area contributed by atoms with Crippen LogP contribution >= 0.6 is 15.9 Å². The van der Waals surface area contributed by atoms with Crippen LogP contribution in [0.4, 0.5) is 5.69 Å². The molecule has 2 aromatic rings. The van der Waals surface area contributed by atoms with E-state index < -0.39 is 0 Å². The highest BCUT2D eigenvalue weighted by Gasteiger charge is 2.12. The minimum Gasteiger partial charge on any atom is -0.493 e. The molecule has 0 aliphatic rings. The highest BCUT2D eigenvalue weighted by Crippen LogP contribution is 2.30. The molecule has 0 aliphatic heterocycles. The fraction of sp³-hybridized carbons (Fsp3) is 0.143. The molecular weight excluding hydrogens is 324 g/mol. The molecule has 0 aliphatic carbocycles. The summed E-state index contributed by atoms with van der Waals surface area (Å²) in [5.74, 6) is 0.847. The van der Waals surface area contributed by atoms with Gasteiger partial charge in [-0.25, -0.2) is 4.98 Å². The van der Waals surface area contributed by atoms with Crippen LogP contribution in [0.25, 0.3) is 0 Å². The molecule has 0 spiro atoms. The summed E-state index contributed by atoms with van der Waals surface area (Å²) in [6, 6.07) is 8.65. The fourth-order valence-electron chi connectivity index (χ4n) is 1.66. The first-order valence-electron chi connectivity index (χ1n) is 5.79. The highest BCUT2D eigenvalue weighted by molar-refractivity contribution is 9.10. The number of nitrogens with zero attached hydrogens (tertiary/aromatic N) is 1. The summed E-state index contributed by atoms with van der Waals surface area (Å²) in [6.45, 7) is 0. The van der Waals surface area contributed by atoms with Gasteiger partial charge in [0.15, 0.2) is 11.5 Å². The van der Waals surface area contributed by atoms with Gasteiger partial charge in [0.1, 0.15) is 5.69 Å². The van der Waals surface area contributed by atoms with Crippen molar-refractivity contribution < 1.29 is 14.3 Å². The minimum absolute atomic E-state index is 0.301. The van der Waals surface area contributed by atoms with Crippen LogP contribution in [-0.4, -0.2) is 25.1 Å². The molecule has 1 N–H and O–H groups in total. The average molecular weight is 337 g/mol. The number of anilines is 1. The number of halogens is 1. The molecule has 0 bridgehead atoms. The van der Waals surface area contributed by atoms with Crippen molar-refractivity contribution in [2.24, 2.45) is 0 Å². The Hall–Kier alpha value is -2.08. The molecule has 1 aromatic carbocycles. The number of benzene rings is 1. The number of hydrogen-bond donors (Lipinski definition) is 1.